The zero-order chi connectivity index (χ0) is 11.4. The Hall–Kier alpha value is -1.43. The first-order chi connectivity index (χ1) is 7.75. The van der Waals surface area contributed by atoms with Gasteiger partial charge in [-0.15, -0.1) is 0 Å². The summed E-state index contributed by atoms with van der Waals surface area (Å²) in [6, 6.07) is 7.24. The molecule has 86 valence electrons. The van der Waals surface area contributed by atoms with Gasteiger partial charge in [0.1, 0.15) is 5.75 Å². The van der Waals surface area contributed by atoms with Gasteiger partial charge >= 0.3 is 5.97 Å². The lowest BCUT2D eigenvalue weighted by atomic mass is 10.1. The minimum Gasteiger partial charge on any atom is -0.426 e. The van der Waals surface area contributed by atoms with E-state index in [1.54, 1.807) is 12.1 Å². The van der Waals surface area contributed by atoms with Crippen molar-refractivity contribution < 1.29 is 24.0 Å². The summed E-state index contributed by atoms with van der Waals surface area (Å²) in [6.45, 7) is 1.49. The van der Waals surface area contributed by atoms with Crippen LogP contribution in [0.1, 0.15) is 12.5 Å². The lowest BCUT2D eigenvalue weighted by Crippen LogP contribution is -2.13. The molecule has 5 heteroatoms. The smallest absolute Gasteiger partial charge is 0.308 e. The van der Waals surface area contributed by atoms with Crippen molar-refractivity contribution in [1.29, 1.82) is 0 Å². The van der Waals surface area contributed by atoms with Gasteiger partial charge in [-0.05, 0) is 6.07 Å². The lowest BCUT2D eigenvalue weighted by Gasteiger charge is -2.10. The lowest BCUT2D eigenvalue weighted by molar-refractivity contribution is -0.276. The molecule has 5 nitrogen and oxygen atoms in total. The van der Waals surface area contributed by atoms with Gasteiger partial charge < -0.3 is 9.47 Å². The van der Waals surface area contributed by atoms with E-state index in [4.69, 9.17) is 14.4 Å². The molecule has 0 aromatic heterocycles. The van der Waals surface area contributed by atoms with Crippen LogP contribution >= 0.6 is 0 Å². The molecular weight excluding hydrogens is 212 g/mol. The predicted molar refractivity (Wildman–Crippen MR) is 53.4 cm³/mol. The van der Waals surface area contributed by atoms with Crippen LogP contribution in [0.5, 0.6) is 5.75 Å². The Morgan fingerprint density at radius 3 is 3.00 bits per heavy atom. The molecule has 16 heavy (non-hydrogen) atoms. The maximum Gasteiger partial charge on any atom is 0.308 e. The second-order valence-electron chi connectivity index (χ2n) is 3.33. The fourth-order valence-electron chi connectivity index (χ4n) is 1.43. The number of para-hydroxylation sites is 1. The standard InChI is InChI=1S/C11H12O5/c1-8(12)15-10-5-3-2-4-9(10)6-11-13-7-14-16-11/h2-5,11H,6-7H2,1H3. The van der Waals surface area contributed by atoms with Gasteiger partial charge in [0, 0.05) is 18.9 Å². The maximum absolute atomic E-state index is 10.9. The highest BCUT2D eigenvalue weighted by atomic mass is 17.3. The normalized spacial score (nSPS) is 19.7. The van der Waals surface area contributed by atoms with E-state index in [2.05, 4.69) is 4.89 Å². The van der Waals surface area contributed by atoms with Gasteiger partial charge in [0.05, 0.1) is 0 Å². The average Bonchev–Trinajstić information content (AvgIpc) is 2.73. The minimum atomic E-state index is -0.447. The van der Waals surface area contributed by atoms with E-state index in [0.29, 0.717) is 12.2 Å². The molecule has 0 aliphatic carbocycles. The monoisotopic (exact) mass is 224 g/mol. The predicted octanol–water partition coefficient (Wildman–Crippen LogP) is 1.42. The molecule has 1 unspecified atom stereocenters. The quantitative estimate of drug-likeness (QED) is 0.441. The summed E-state index contributed by atoms with van der Waals surface area (Å²) in [4.78, 5) is 20.4. The van der Waals surface area contributed by atoms with Crippen LogP contribution in [0.2, 0.25) is 0 Å². The summed E-state index contributed by atoms with van der Waals surface area (Å²) < 4.78 is 10.2. The molecule has 1 saturated heterocycles. The summed E-state index contributed by atoms with van der Waals surface area (Å²) in [5.41, 5.74) is 0.841. The van der Waals surface area contributed by atoms with Crippen LogP contribution in [0, 0.1) is 0 Å². The number of benzene rings is 1. The van der Waals surface area contributed by atoms with Crippen LogP contribution in [0.25, 0.3) is 0 Å². The van der Waals surface area contributed by atoms with E-state index in [-0.39, 0.29) is 12.8 Å². The van der Waals surface area contributed by atoms with Crippen LogP contribution in [0.15, 0.2) is 24.3 Å². The number of hydrogen-bond donors (Lipinski definition) is 0. The van der Waals surface area contributed by atoms with Crippen LogP contribution in [-0.2, 0) is 25.7 Å². The van der Waals surface area contributed by atoms with Crippen molar-refractivity contribution in [2.24, 2.45) is 0 Å². The molecule has 2 rings (SSSR count). The molecule has 1 aliphatic heterocycles. The summed E-state index contributed by atoms with van der Waals surface area (Å²) in [5.74, 6) is 0.172. The first-order valence-corrected chi connectivity index (χ1v) is 4.92. The molecule has 0 N–H and O–H groups in total. The van der Waals surface area contributed by atoms with Crippen LogP contribution in [0.3, 0.4) is 0 Å². The van der Waals surface area contributed by atoms with Gasteiger partial charge in [0.25, 0.3) is 0 Å². The molecule has 0 spiro atoms. The topological polar surface area (TPSA) is 54.0 Å². The third kappa shape index (κ3) is 2.79. The van der Waals surface area contributed by atoms with Crippen molar-refractivity contribution >= 4 is 5.97 Å². The largest absolute Gasteiger partial charge is 0.426 e. The van der Waals surface area contributed by atoms with E-state index in [0.717, 1.165) is 5.56 Å². The maximum atomic E-state index is 10.9. The number of rotatable bonds is 3. The zero-order valence-corrected chi connectivity index (χ0v) is 8.84. The minimum absolute atomic E-state index is 0.125. The van der Waals surface area contributed by atoms with E-state index in [1.807, 2.05) is 12.1 Å². The van der Waals surface area contributed by atoms with Crippen molar-refractivity contribution in [2.45, 2.75) is 19.6 Å². The second-order valence-corrected chi connectivity index (χ2v) is 3.33. The fourth-order valence-corrected chi connectivity index (χ4v) is 1.43. The Labute approximate surface area is 92.8 Å². The number of ether oxygens (including phenoxy) is 2. The number of carbonyl (C=O) groups excluding carboxylic acids is 1. The molecule has 0 radical (unpaired) electrons. The van der Waals surface area contributed by atoms with Gasteiger partial charge in [-0.25, -0.2) is 9.78 Å². The molecule has 1 aromatic rings. The fraction of sp³-hybridized carbons (Fsp3) is 0.364. The molecule has 1 fully saturated rings. The first-order valence-electron chi connectivity index (χ1n) is 4.92. The Bertz CT molecular complexity index is 370. The van der Waals surface area contributed by atoms with Crippen LogP contribution in [0.4, 0.5) is 0 Å². The van der Waals surface area contributed by atoms with E-state index in [1.165, 1.54) is 6.92 Å². The third-order valence-corrected chi connectivity index (χ3v) is 2.09. The van der Waals surface area contributed by atoms with Crippen molar-refractivity contribution in [2.75, 3.05) is 6.79 Å². The van der Waals surface area contributed by atoms with E-state index < -0.39 is 6.29 Å². The summed E-state index contributed by atoms with van der Waals surface area (Å²) >= 11 is 0. The highest BCUT2D eigenvalue weighted by molar-refractivity contribution is 5.69. The number of carbonyl (C=O) groups is 1. The molecule has 0 amide bonds. The van der Waals surface area contributed by atoms with Crippen molar-refractivity contribution in [3.63, 3.8) is 0 Å². The number of esters is 1. The second kappa shape index (κ2) is 5.07. The zero-order valence-electron chi connectivity index (χ0n) is 8.84. The molecule has 1 atom stereocenters. The van der Waals surface area contributed by atoms with Gasteiger partial charge in [0.15, 0.2) is 13.1 Å². The molecule has 1 aromatic carbocycles. The molecule has 1 aliphatic rings. The Morgan fingerprint density at radius 2 is 2.31 bits per heavy atom. The molecular formula is C11H12O5. The SMILES string of the molecule is CC(=O)Oc1ccccc1CC1OCOO1. The van der Waals surface area contributed by atoms with Gasteiger partial charge in [-0.1, -0.05) is 18.2 Å². The van der Waals surface area contributed by atoms with Crippen LogP contribution in [-0.4, -0.2) is 19.1 Å². The highest BCUT2D eigenvalue weighted by Crippen LogP contribution is 2.22. The van der Waals surface area contributed by atoms with Crippen LogP contribution < -0.4 is 4.74 Å². The highest BCUT2D eigenvalue weighted by Gasteiger charge is 2.20. The van der Waals surface area contributed by atoms with E-state index >= 15 is 0 Å². The Balaban J connectivity index is 2.09. The number of hydrogen-bond acceptors (Lipinski definition) is 5. The van der Waals surface area contributed by atoms with Crippen molar-refractivity contribution in [3.8, 4) is 5.75 Å². The van der Waals surface area contributed by atoms with Crippen molar-refractivity contribution in [1.82, 2.24) is 0 Å². The summed E-state index contributed by atoms with van der Waals surface area (Å²) in [5, 5.41) is 0. The van der Waals surface area contributed by atoms with Gasteiger partial charge in [-0.2, -0.15) is 0 Å². The molecule has 0 bridgehead atoms. The Morgan fingerprint density at radius 1 is 1.50 bits per heavy atom. The summed E-state index contributed by atoms with van der Waals surface area (Å²) in [7, 11) is 0. The molecule has 0 saturated carbocycles. The van der Waals surface area contributed by atoms with Crippen molar-refractivity contribution in [3.05, 3.63) is 29.8 Å². The first kappa shape index (κ1) is 11.1. The van der Waals surface area contributed by atoms with Gasteiger partial charge in [-0.3, -0.25) is 4.79 Å². The molecule has 1 heterocycles. The van der Waals surface area contributed by atoms with Gasteiger partial charge in [0.2, 0.25) is 0 Å². The summed E-state index contributed by atoms with van der Waals surface area (Å²) in [6.07, 6.45) is 0.0282. The van der Waals surface area contributed by atoms with E-state index in [9.17, 15) is 4.79 Å². The average molecular weight is 224 g/mol. The third-order valence-electron chi connectivity index (χ3n) is 2.09. The Kier molecular flexibility index (Phi) is 3.51.